The van der Waals surface area contributed by atoms with E-state index >= 15 is 0 Å². The number of carbonyl (C=O) groups is 4. The number of hydrogen-bond donors (Lipinski definition) is 0. The maximum absolute atomic E-state index is 12.8. The van der Waals surface area contributed by atoms with E-state index < -0.39 is 0 Å². The maximum atomic E-state index is 12.8. The lowest BCUT2D eigenvalue weighted by molar-refractivity contribution is 0.100. The number of hydrogen-bond acceptors (Lipinski definition) is 8. The molecule has 8 rings (SSSR count). The summed E-state index contributed by atoms with van der Waals surface area (Å²) >= 11 is 0. The fraction of sp³-hybridized carbons (Fsp3) is 0.0833. The molecular formula is C48H34N4O4. The summed E-state index contributed by atoms with van der Waals surface area (Å²) in [5.74, 6) is -0.438. The zero-order valence-corrected chi connectivity index (χ0v) is 31.1. The molecule has 8 heteroatoms. The first kappa shape index (κ1) is 35.7. The van der Waals surface area contributed by atoms with Gasteiger partial charge in [-0.2, -0.15) is 0 Å². The molecule has 270 valence electrons. The van der Waals surface area contributed by atoms with Crippen molar-refractivity contribution in [2.24, 2.45) is 0 Å². The van der Waals surface area contributed by atoms with Crippen molar-refractivity contribution in [3.05, 3.63) is 156 Å². The van der Waals surface area contributed by atoms with Gasteiger partial charge in [-0.25, -0.2) is 19.9 Å². The molecule has 0 aliphatic carbocycles. The van der Waals surface area contributed by atoms with Crippen LogP contribution in [0.15, 0.2) is 133 Å². The van der Waals surface area contributed by atoms with Gasteiger partial charge in [-0.15, -0.1) is 0 Å². The van der Waals surface area contributed by atoms with Crippen LogP contribution in [0.1, 0.15) is 69.1 Å². The summed E-state index contributed by atoms with van der Waals surface area (Å²) in [6, 6.07) is 40.7. The number of aromatic nitrogens is 4. The van der Waals surface area contributed by atoms with Crippen LogP contribution in [0.4, 0.5) is 0 Å². The Morgan fingerprint density at radius 3 is 0.839 bits per heavy atom. The Morgan fingerprint density at radius 1 is 0.321 bits per heavy atom. The van der Waals surface area contributed by atoms with Crippen LogP contribution in [0.3, 0.4) is 0 Å². The summed E-state index contributed by atoms with van der Waals surface area (Å²) in [6.07, 6.45) is 0. The van der Waals surface area contributed by atoms with Crippen LogP contribution in [0.25, 0.3) is 78.2 Å². The molecule has 0 atom stereocenters. The van der Waals surface area contributed by atoms with Gasteiger partial charge in [-0.05, 0) is 63.1 Å². The van der Waals surface area contributed by atoms with Crippen molar-refractivity contribution in [1.82, 2.24) is 19.9 Å². The number of ketones is 4. The standard InChI is InChI=1S/C48H34N4O4/c1-27(53)33-13-5-9-17-37(33)45-47(39-19-11-7-15-35(39)29(3)55)51-43-25-31(21-23-41(43)49-45)32-22-24-42-44(26-32)52-48(40-20-12-8-16-36(40)30(4)56)46(50-42)38-18-10-6-14-34(38)28(2)54/h5-26H,1-4H3. The topological polar surface area (TPSA) is 120 Å². The molecule has 0 spiro atoms. The predicted molar refractivity (Wildman–Crippen MR) is 220 cm³/mol. The Kier molecular flexibility index (Phi) is 9.24. The monoisotopic (exact) mass is 730 g/mol. The molecule has 0 aliphatic heterocycles. The van der Waals surface area contributed by atoms with Gasteiger partial charge in [0.25, 0.3) is 0 Å². The second kappa shape index (κ2) is 14.5. The van der Waals surface area contributed by atoms with Crippen LogP contribution in [0.2, 0.25) is 0 Å². The van der Waals surface area contributed by atoms with E-state index in [1.165, 1.54) is 27.7 Å². The third-order valence-corrected chi connectivity index (χ3v) is 9.91. The number of rotatable bonds is 9. The minimum atomic E-state index is -0.113. The molecule has 2 aromatic heterocycles. The van der Waals surface area contributed by atoms with Crippen LogP contribution in [0, 0.1) is 0 Å². The summed E-state index contributed by atoms with van der Waals surface area (Å²) < 4.78 is 0. The first-order chi connectivity index (χ1) is 27.1. The number of Topliss-reactive ketones (excluding diaryl/α,β-unsaturated/α-hetero) is 4. The van der Waals surface area contributed by atoms with Gasteiger partial charge in [0.15, 0.2) is 23.1 Å². The number of fused-ring (bicyclic) bond motifs is 2. The van der Waals surface area contributed by atoms with Crippen molar-refractivity contribution >= 4 is 45.2 Å². The SMILES string of the molecule is CC(=O)c1ccccc1-c1nc2ccc(-c3ccc4nc(-c5ccccc5C(C)=O)c(-c5ccccc5C(C)=O)nc4c3)cc2nc1-c1ccccc1C(C)=O. The number of benzene rings is 6. The molecule has 0 amide bonds. The molecule has 0 N–H and O–H groups in total. The first-order valence-corrected chi connectivity index (χ1v) is 18.1. The molecule has 6 aromatic carbocycles. The van der Waals surface area contributed by atoms with Crippen LogP contribution >= 0.6 is 0 Å². The molecule has 0 bridgehead atoms. The van der Waals surface area contributed by atoms with Crippen molar-refractivity contribution in [2.45, 2.75) is 27.7 Å². The zero-order chi connectivity index (χ0) is 39.1. The average molecular weight is 731 g/mol. The second-order valence-corrected chi connectivity index (χ2v) is 13.7. The van der Waals surface area contributed by atoms with Crippen molar-refractivity contribution < 1.29 is 19.2 Å². The van der Waals surface area contributed by atoms with E-state index in [0.717, 1.165) is 11.1 Å². The first-order valence-electron chi connectivity index (χ1n) is 18.1. The summed E-state index contributed by atoms with van der Waals surface area (Å²) in [6.45, 7) is 6.08. The lowest BCUT2D eigenvalue weighted by Gasteiger charge is -2.16. The molecule has 0 fully saturated rings. The molecule has 8 nitrogen and oxygen atoms in total. The van der Waals surface area contributed by atoms with E-state index in [4.69, 9.17) is 19.9 Å². The highest BCUT2D eigenvalue weighted by Gasteiger charge is 2.23. The Bertz CT molecular complexity index is 2750. The van der Waals surface area contributed by atoms with Crippen molar-refractivity contribution in [3.8, 4) is 56.2 Å². The van der Waals surface area contributed by atoms with Gasteiger partial charge in [-0.3, -0.25) is 19.2 Å². The molecule has 56 heavy (non-hydrogen) atoms. The smallest absolute Gasteiger partial charge is 0.160 e. The number of nitrogens with zero attached hydrogens (tertiary/aromatic N) is 4. The molecule has 0 saturated carbocycles. The average Bonchev–Trinajstić information content (AvgIpc) is 3.22. The highest BCUT2D eigenvalue weighted by atomic mass is 16.1. The summed E-state index contributed by atoms with van der Waals surface area (Å²) in [7, 11) is 0. The molecule has 2 heterocycles. The Balaban J connectivity index is 1.33. The lowest BCUT2D eigenvalue weighted by atomic mass is 9.94. The third-order valence-electron chi connectivity index (χ3n) is 9.91. The van der Waals surface area contributed by atoms with Crippen LogP contribution in [-0.2, 0) is 0 Å². The molecule has 8 aromatic rings. The molecule has 0 unspecified atom stereocenters. The van der Waals surface area contributed by atoms with Gasteiger partial charge in [-0.1, -0.05) is 109 Å². The summed E-state index contributed by atoms with van der Waals surface area (Å²) in [4.78, 5) is 71.7. The summed E-state index contributed by atoms with van der Waals surface area (Å²) in [5, 5.41) is 0. The van der Waals surface area contributed by atoms with Gasteiger partial charge in [0.05, 0.1) is 44.8 Å². The second-order valence-electron chi connectivity index (χ2n) is 13.7. The fourth-order valence-electron chi connectivity index (χ4n) is 7.21. The minimum Gasteiger partial charge on any atom is -0.294 e. The Morgan fingerprint density at radius 2 is 0.571 bits per heavy atom. The van der Waals surface area contributed by atoms with E-state index in [1.54, 1.807) is 24.3 Å². The van der Waals surface area contributed by atoms with E-state index in [0.29, 0.717) is 89.4 Å². The van der Waals surface area contributed by atoms with Gasteiger partial charge in [0.2, 0.25) is 0 Å². The number of carbonyl (C=O) groups excluding carboxylic acids is 4. The Hall–Kier alpha value is -7.32. The van der Waals surface area contributed by atoms with E-state index in [-0.39, 0.29) is 23.1 Å². The maximum Gasteiger partial charge on any atom is 0.160 e. The van der Waals surface area contributed by atoms with Gasteiger partial charge in [0.1, 0.15) is 0 Å². The largest absolute Gasteiger partial charge is 0.294 e. The third kappa shape index (κ3) is 6.47. The fourth-order valence-corrected chi connectivity index (χ4v) is 7.21. The summed E-state index contributed by atoms with van der Waals surface area (Å²) in [5.41, 5.74) is 10.6. The highest BCUT2D eigenvalue weighted by molar-refractivity contribution is 6.07. The van der Waals surface area contributed by atoms with Gasteiger partial charge in [0, 0.05) is 44.5 Å². The molecule has 0 radical (unpaired) electrons. The molecule has 0 saturated heterocycles. The van der Waals surface area contributed by atoms with Gasteiger partial charge >= 0.3 is 0 Å². The highest BCUT2D eigenvalue weighted by Crippen LogP contribution is 2.38. The van der Waals surface area contributed by atoms with Crippen molar-refractivity contribution in [2.75, 3.05) is 0 Å². The minimum absolute atomic E-state index is 0.105. The Labute approximate surface area is 323 Å². The molecule has 0 aliphatic rings. The normalized spacial score (nSPS) is 11.1. The lowest BCUT2D eigenvalue weighted by Crippen LogP contribution is -2.04. The van der Waals surface area contributed by atoms with E-state index in [2.05, 4.69) is 0 Å². The van der Waals surface area contributed by atoms with Gasteiger partial charge < -0.3 is 0 Å². The quantitative estimate of drug-likeness (QED) is 0.135. The van der Waals surface area contributed by atoms with Crippen molar-refractivity contribution in [3.63, 3.8) is 0 Å². The van der Waals surface area contributed by atoms with Crippen LogP contribution < -0.4 is 0 Å². The zero-order valence-electron chi connectivity index (χ0n) is 31.1. The van der Waals surface area contributed by atoms with Crippen LogP contribution in [-0.4, -0.2) is 43.1 Å². The van der Waals surface area contributed by atoms with Crippen LogP contribution in [0.5, 0.6) is 0 Å². The predicted octanol–water partition coefficient (Wildman–Crippen LogP) is 10.7. The molecular weight excluding hydrogens is 697 g/mol. The van der Waals surface area contributed by atoms with E-state index in [9.17, 15) is 19.2 Å². The van der Waals surface area contributed by atoms with E-state index in [1.807, 2.05) is 109 Å². The van der Waals surface area contributed by atoms with Crippen molar-refractivity contribution in [1.29, 1.82) is 0 Å².